The number of fused-ring (bicyclic) bond motifs is 8. The van der Waals surface area contributed by atoms with Crippen LogP contribution in [0.15, 0.2) is 12.2 Å². The lowest BCUT2D eigenvalue weighted by Gasteiger charge is -2.23. The second-order valence-corrected chi connectivity index (χ2v) is 6.34. The molecule has 3 fully saturated rings. The Kier molecular flexibility index (Phi) is 0.959. The minimum Gasteiger partial charge on any atom is -0.0879 e. The van der Waals surface area contributed by atoms with Crippen LogP contribution in [0.1, 0.15) is 26.7 Å². The molecule has 6 atom stereocenters. The highest BCUT2D eigenvalue weighted by atomic mass is 14.8. The summed E-state index contributed by atoms with van der Waals surface area (Å²) in [5.41, 5.74) is 0.728. The summed E-state index contributed by atoms with van der Waals surface area (Å²) in [7, 11) is 0. The Morgan fingerprint density at radius 2 is 1.85 bits per heavy atom. The summed E-state index contributed by atoms with van der Waals surface area (Å²) < 4.78 is 0. The highest BCUT2D eigenvalue weighted by molar-refractivity contribution is 5.26. The van der Waals surface area contributed by atoms with Crippen molar-refractivity contribution in [3.05, 3.63) is 12.2 Å². The van der Waals surface area contributed by atoms with Crippen LogP contribution >= 0.6 is 0 Å². The Balaban J connectivity index is 1.77. The van der Waals surface area contributed by atoms with Crippen molar-refractivity contribution >= 4 is 0 Å². The fourth-order valence-electron chi connectivity index (χ4n) is 5.41. The number of hydrogen-bond acceptors (Lipinski definition) is 0. The molecule has 0 radical (unpaired) electrons. The summed E-state index contributed by atoms with van der Waals surface area (Å²) in [4.78, 5) is 0. The van der Waals surface area contributed by atoms with E-state index in [2.05, 4.69) is 26.0 Å². The SMILES string of the molecule is CC1(C)[C@@H]2[C@@H]3C[C@@H]([C@@H]4C=CC[C@@H]43)[C@@H]21. The minimum absolute atomic E-state index is 0.728. The van der Waals surface area contributed by atoms with E-state index in [-0.39, 0.29) is 0 Å². The molecule has 0 amide bonds. The Labute approximate surface area is 80.4 Å². The maximum absolute atomic E-state index is 2.54. The topological polar surface area (TPSA) is 0 Å². The summed E-state index contributed by atoms with van der Waals surface area (Å²) in [5.74, 6) is 6.53. The molecule has 0 aromatic carbocycles. The molecule has 0 aliphatic heterocycles. The molecule has 70 valence electrons. The highest BCUT2D eigenvalue weighted by Gasteiger charge is 2.74. The maximum atomic E-state index is 2.54. The van der Waals surface area contributed by atoms with E-state index in [9.17, 15) is 0 Å². The first kappa shape index (κ1) is 7.09. The van der Waals surface area contributed by atoms with E-state index in [0.717, 1.165) is 40.9 Å². The van der Waals surface area contributed by atoms with Crippen LogP contribution in [0.2, 0.25) is 0 Å². The van der Waals surface area contributed by atoms with E-state index in [4.69, 9.17) is 0 Å². The van der Waals surface area contributed by atoms with Gasteiger partial charge in [0, 0.05) is 0 Å². The van der Waals surface area contributed by atoms with Crippen LogP contribution < -0.4 is 0 Å². The molecule has 0 saturated heterocycles. The second kappa shape index (κ2) is 1.76. The molecule has 13 heavy (non-hydrogen) atoms. The molecular formula is C13H18. The van der Waals surface area contributed by atoms with Crippen molar-refractivity contribution in [1.82, 2.24) is 0 Å². The van der Waals surface area contributed by atoms with Crippen LogP contribution in [0.3, 0.4) is 0 Å². The molecule has 4 aliphatic carbocycles. The Hall–Kier alpha value is -0.260. The van der Waals surface area contributed by atoms with E-state index >= 15 is 0 Å². The van der Waals surface area contributed by atoms with Gasteiger partial charge in [0.05, 0.1) is 0 Å². The molecule has 0 heterocycles. The minimum atomic E-state index is 0.728. The van der Waals surface area contributed by atoms with Crippen LogP contribution in [-0.4, -0.2) is 0 Å². The maximum Gasteiger partial charge on any atom is -0.0168 e. The van der Waals surface area contributed by atoms with Crippen molar-refractivity contribution in [1.29, 1.82) is 0 Å². The van der Waals surface area contributed by atoms with Gasteiger partial charge < -0.3 is 0 Å². The van der Waals surface area contributed by atoms with Crippen molar-refractivity contribution in [2.24, 2.45) is 40.9 Å². The predicted octanol–water partition coefficient (Wildman–Crippen LogP) is 3.10. The van der Waals surface area contributed by atoms with Crippen molar-refractivity contribution in [2.45, 2.75) is 26.7 Å². The summed E-state index contributed by atoms with van der Waals surface area (Å²) >= 11 is 0. The van der Waals surface area contributed by atoms with Gasteiger partial charge in [-0.05, 0) is 53.8 Å². The number of allylic oxidation sites excluding steroid dienone is 2. The predicted molar refractivity (Wildman–Crippen MR) is 53.1 cm³/mol. The molecule has 0 N–H and O–H groups in total. The van der Waals surface area contributed by atoms with Gasteiger partial charge in [-0.1, -0.05) is 26.0 Å². The van der Waals surface area contributed by atoms with Gasteiger partial charge in [-0.15, -0.1) is 0 Å². The first-order chi connectivity index (χ1) is 6.21. The van der Waals surface area contributed by atoms with Gasteiger partial charge in [0.25, 0.3) is 0 Å². The smallest absolute Gasteiger partial charge is 0.0168 e. The van der Waals surface area contributed by atoms with Gasteiger partial charge in [-0.3, -0.25) is 0 Å². The number of hydrogen-bond donors (Lipinski definition) is 0. The molecule has 0 nitrogen and oxygen atoms in total. The van der Waals surface area contributed by atoms with Gasteiger partial charge in [0.2, 0.25) is 0 Å². The lowest BCUT2D eigenvalue weighted by atomic mass is 9.82. The lowest BCUT2D eigenvalue weighted by Crippen LogP contribution is -2.18. The Morgan fingerprint density at radius 1 is 1.08 bits per heavy atom. The first-order valence-corrected chi connectivity index (χ1v) is 5.88. The Morgan fingerprint density at radius 3 is 2.69 bits per heavy atom. The van der Waals surface area contributed by atoms with E-state index in [0.29, 0.717) is 0 Å². The molecule has 0 spiro atoms. The van der Waals surface area contributed by atoms with Gasteiger partial charge in [0.1, 0.15) is 0 Å². The van der Waals surface area contributed by atoms with Gasteiger partial charge in [-0.25, -0.2) is 0 Å². The van der Waals surface area contributed by atoms with Gasteiger partial charge in [-0.2, -0.15) is 0 Å². The molecule has 0 aromatic rings. The molecule has 0 unspecified atom stereocenters. The largest absolute Gasteiger partial charge is 0.0879 e. The van der Waals surface area contributed by atoms with E-state index in [1.54, 1.807) is 6.42 Å². The van der Waals surface area contributed by atoms with Crippen LogP contribution in [0.5, 0.6) is 0 Å². The molecule has 0 aromatic heterocycles. The third kappa shape index (κ3) is 0.582. The van der Waals surface area contributed by atoms with Crippen molar-refractivity contribution in [3.63, 3.8) is 0 Å². The fourth-order valence-corrected chi connectivity index (χ4v) is 5.41. The van der Waals surface area contributed by atoms with Crippen molar-refractivity contribution in [3.8, 4) is 0 Å². The third-order valence-electron chi connectivity index (χ3n) is 5.77. The monoisotopic (exact) mass is 174 g/mol. The zero-order chi connectivity index (χ0) is 8.79. The van der Waals surface area contributed by atoms with Crippen LogP contribution in [0.25, 0.3) is 0 Å². The normalized spacial score (nSPS) is 63.8. The molecule has 2 bridgehead atoms. The summed E-state index contributed by atoms with van der Waals surface area (Å²) in [6, 6.07) is 0. The average Bonchev–Trinajstić information content (AvgIpc) is 2.59. The van der Waals surface area contributed by atoms with Gasteiger partial charge >= 0.3 is 0 Å². The Bertz CT molecular complexity index is 297. The van der Waals surface area contributed by atoms with E-state index in [1.165, 1.54) is 6.42 Å². The first-order valence-electron chi connectivity index (χ1n) is 5.88. The lowest BCUT2D eigenvalue weighted by molar-refractivity contribution is 0.271. The third-order valence-corrected chi connectivity index (χ3v) is 5.77. The van der Waals surface area contributed by atoms with Crippen molar-refractivity contribution in [2.75, 3.05) is 0 Å². The number of rotatable bonds is 0. The van der Waals surface area contributed by atoms with Crippen LogP contribution in [0, 0.1) is 40.9 Å². The molecule has 4 rings (SSSR count). The van der Waals surface area contributed by atoms with Crippen LogP contribution in [-0.2, 0) is 0 Å². The zero-order valence-corrected chi connectivity index (χ0v) is 8.53. The van der Waals surface area contributed by atoms with Gasteiger partial charge in [0.15, 0.2) is 0 Å². The van der Waals surface area contributed by atoms with Crippen molar-refractivity contribution < 1.29 is 0 Å². The highest BCUT2D eigenvalue weighted by Crippen LogP contribution is 2.79. The quantitative estimate of drug-likeness (QED) is 0.495. The molecular weight excluding hydrogens is 156 g/mol. The second-order valence-electron chi connectivity index (χ2n) is 6.34. The average molecular weight is 174 g/mol. The summed E-state index contributed by atoms with van der Waals surface area (Å²) in [6.07, 6.45) is 7.98. The van der Waals surface area contributed by atoms with E-state index in [1.807, 2.05) is 0 Å². The molecule has 3 saturated carbocycles. The standard InChI is InChI=1S/C13H18/c1-13(2)11-9-6-10(12(11)13)8-5-3-4-7(8)9/h3-4,7-12H,5-6H2,1-2H3/t7-,8+,9+,10-,11+,12-/m1/s1. The molecule has 4 aliphatic rings. The summed E-state index contributed by atoms with van der Waals surface area (Å²) in [5, 5.41) is 0. The summed E-state index contributed by atoms with van der Waals surface area (Å²) in [6.45, 7) is 5.01. The fraction of sp³-hybridized carbons (Fsp3) is 0.846. The zero-order valence-electron chi connectivity index (χ0n) is 8.53. The van der Waals surface area contributed by atoms with E-state index < -0.39 is 0 Å². The van der Waals surface area contributed by atoms with Crippen LogP contribution in [0.4, 0.5) is 0 Å². The molecule has 0 heteroatoms.